The Labute approximate surface area is 159 Å². The average Bonchev–Trinajstić information content (AvgIpc) is 3.20. The molecular weight excluding hydrogens is 334 g/mol. The number of anilines is 1. The van der Waals surface area contributed by atoms with Crippen LogP contribution in [0.3, 0.4) is 0 Å². The van der Waals surface area contributed by atoms with Crippen LogP contribution in [0.15, 0.2) is 96.1 Å². The molecule has 1 heterocycles. The molecule has 0 spiro atoms. The molecule has 3 aromatic rings. The number of rotatable bonds is 3. The zero-order chi connectivity index (χ0) is 18.6. The lowest BCUT2D eigenvalue weighted by Crippen LogP contribution is -2.38. The number of carbonyl (C=O) groups excluding carboxylic acids is 1. The smallest absolute Gasteiger partial charge is 0.296 e. The topological polar surface area (TPSA) is 35.9 Å². The molecule has 0 fully saturated rings. The Balaban J connectivity index is 1.69. The van der Waals surface area contributed by atoms with E-state index in [1.165, 1.54) is 0 Å². The summed E-state index contributed by atoms with van der Waals surface area (Å²) in [7, 11) is 1.79. The normalized spacial score (nSPS) is 16.1. The first kappa shape index (κ1) is 17.0. The van der Waals surface area contributed by atoms with Crippen LogP contribution in [-0.2, 0) is 0 Å². The van der Waals surface area contributed by atoms with Gasteiger partial charge in [-0.15, -0.1) is 0 Å². The van der Waals surface area contributed by atoms with Crippen LogP contribution < -0.4 is 4.90 Å². The second-order valence-corrected chi connectivity index (χ2v) is 6.57. The van der Waals surface area contributed by atoms with Crippen molar-refractivity contribution >= 4 is 17.4 Å². The number of benzene rings is 3. The molecule has 27 heavy (non-hydrogen) atoms. The summed E-state index contributed by atoms with van der Waals surface area (Å²) >= 11 is 0. The van der Waals surface area contributed by atoms with Crippen molar-refractivity contribution in [2.45, 2.75) is 12.5 Å². The zero-order valence-corrected chi connectivity index (χ0v) is 15.2. The molecule has 0 aromatic heterocycles. The van der Waals surface area contributed by atoms with Crippen LogP contribution in [-0.4, -0.2) is 23.8 Å². The molecule has 0 aliphatic carbocycles. The van der Waals surface area contributed by atoms with Crippen LogP contribution in [0, 0.1) is 0 Å². The highest BCUT2D eigenvalue weighted by Crippen LogP contribution is 2.34. The summed E-state index contributed by atoms with van der Waals surface area (Å²) in [5, 5.41) is 6.34. The summed E-state index contributed by atoms with van der Waals surface area (Å²) < 4.78 is 0. The minimum Gasteiger partial charge on any atom is -0.296 e. The van der Waals surface area contributed by atoms with Crippen molar-refractivity contribution in [1.82, 2.24) is 5.01 Å². The number of nitrogens with zero attached hydrogens (tertiary/aromatic N) is 3. The molecule has 1 unspecified atom stereocenters. The lowest BCUT2D eigenvalue weighted by Gasteiger charge is -2.27. The highest BCUT2D eigenvalue weighted by molar-refractivity contribution is 6.04. The van der Waals surface area contributed by atoms with Crippen molar-refractivity contribution in [2.75, 3.05) is 11.9 Å². The van der Waals surface area contributed by atoms with E-state index in [0.29, 0.717) is 6.42 Å². The van der Waals surface area contributed by atoms with Crippen LogP contribution in [0.2, 0.25) is 0 Å². The van der Waals surface area contributed by atoms with Crippen molar-refractivity contribution in [3.63, 3.8) is 0 Å². The summed E-state index contributed by atoms with van der Waals surface area (Å²) in [6, 6.07) is 29.5. The van der Waals surface area contributed by atoms with Crippen molar-refractivity contribution in [3.05, 3.63) is 102 Å². The highest BCUT2D eigenvalue weighted by atomic mass is 16.2. The third kappa shape index (κ3) is 3.47. The van der Waals surface area contributed by atoms with E-state index in [-0.39, 0.29) is 12.1 Å². The first-order valence-corrected chi connectivity index (χ1v) is 9.04. The predicted octanol–water partition coefficient (Wildman–Crippen LogP) is 5.09. The second-order valence-electron chi connectivity index (χ2n) is 6.57. The van der Waals surface area contributed by atoms with Crippen LogP contribution in [0.1, 0.15) is 23.6 Å². The number of hydrogen-bond donors (Lipinski definition) is 0. The fourth-order valence-electron chi connectivity index (χ4n) is 3.34. The summed E-state index contributed by atoms with van der Waals surface area (Å²) in [6.07, 6.45) is 0.697. The molecule has 4 nitrogen and oxygen atoms in total. The van der Waals surface area contributed by atoms with E-state index in [2.05, 4.69) is 12.1 Å². The maximum Gasteiger partial charge on any atom is 0.345 e. The van der Waals surface area contributed by atoms with Crippen molar-refractivity contribution in [2.24, 2.45) is 5.10 Å². The Morgan fingerprint density at radius 1 is 0.889 bits per heavy atom. The summed E-state index contributed by atoms with van der Waals surface area (Å²) in [6.45, 7) is 0. The molecule has 0 bridgehead atoms. The van der Waals surface area contributed by atoms with Crippen LogP contribution in [0.25, 0.3) is 0 Å². The van der Waals surface area contributed by atoms with Gasteiger partial charge in [0.2, 0.25) is 0 Å². The van der Waals surface area contributed by atoms with Crippen LogP contribution in [0.5, 0.6) is 0 Å². The van der Waals surface area contributed by atoms with Gasteiger partial charge in [0.15, 0.2) is 0 Å². The van der Waals surface area contributed by atoms with Gasteiger partial charge in [0.25, 0.3) is 0 Å². The molecule has 134 valence electrons. The van der Waals surface area contributed by atoms with Gasteiger partial charge in [-0.05, 0) is 23.3 Å². The predicted molar refractivity (Wildman–Crippen MR) is 109 cm³/mol. The molecule has 1 aliphatic rings. The van der Waals surface area contributed by atoms with E-state index in [1.807, 2.05) is 78.9 Å². The zero-order valence-electron chi connectivity index (χ0n) is 15.2. The first-order chi connectivity index (χ1) is 13.2. The molecule has 0 saturated heterocycles. The minimum absolute atomic E-state index is 0.111. The molecule has 4 rings (SSSR count). The van der Waals surface area contributed by atoms with Gasteiger partial charge in [-0.25, -0.2) is 9.80 Å². The standard InChI is InChI=1S/C23H21N3O/c1-25(20-15-9-4-10-16-20)23(27)26-22(19-13-7-3-8-14-19)17-21(24-26)18-11-5-2-6-12-18/h2-16,22H,17H2,1H3. The number of hydrazone groups is 1. The number of urea groups is 1. The number of hydrogen-bond acceptors (Lipinski definition) is 2. The lowest BCUT2D eigenvalue weighted by atomic mass is 9.98. The minimum atomic E-state index is -0.138. The molecule has 1 aliphatic heterocycles. The Bertz CT molecular complexity index is 939. The number of amides is 2. The van der Waals surface area contributed by atoms with E-state index in [0.717, 1.165) is 22.5 Å². The average molecular weight is 355 g/mol. The molecule has 0 radical (unpaired) electrons. The largest absolute Gasteiger partial charge is 0.345 e. The van der Waals surface area contributed by atoms with Gasteiger partial charge in [0.1, 0.15) is 0 Å². The fourth-order valence-corrected chi connectivity index (χ4v) is 3.34. The Hall–Kier alpha value is -3.40. The van der Waals surface area contributed by atoms with E-state index in [1.54, 1.807) is 17.0 Å². The Kier molecular flexibility index (Phi) is 4.71. The van der Waals surface area contributed by atoms with Crippen LogP contribution in [0.4, 0.5) is 10.5 Å². The van der Waals surface area contributed by atoms with Gasteiger partial charge >= 0.3 is 6.03 Å². The van der Waals surface area contributed by atoms with Gasteiger partial charge in [0, 0.05) is 19.2 Å². The third-order valence-corrected chi connectivity index (χ3v) is 4.83. The molecule has 3 aromatic carbocycles. The monoisotopic (exact) mass is 355 g/mol. The quantitative estimate of drug-likeness (QED) is 0.644. The van der Waals surface area contributed by atoms with Crippen molar-refractivity contribution in [1.29, 1.82) is 0 Å². The highest BCUT2D eigenvalue weighted by Gasteiger charge is 2.34. The summed E-state index contributed by atoms with van der Waals surface area (Å²) in [5.74, 6) is 0. The molecule has 4 heteroatoms. The van der Waals surface area contributed by atoms with Gasteiger partial charge in [-0.1, -0.05) is 78.9 Å². The third-order valence-electron chi connectivity index (χ3n) is 4.83. The Morgan fingerprint density at radius 2 is 1.44 bits per heavy atom. The van der Waals surface area contributed by atoms with E-state index in [4.69, 9.17) is 5.10 Å². The Morgan fingerprint density at radius 3 is 2.07 bits per heavy atom. The summed E-state index contributed by atoms with van der Waals surface area (Å²) in [5.41, 5.74) is 3.91. The second kappa shape index (κ2) is 7.46. The molecule has 1 atom stereocenters. The number of para-hydroxylation sites is 1. The lowest BCUT2D eigenvalue weighted by molar-refractivity contribution is 0.194. The van der Waals surface area contributed by atoms with E-state index >= 15 is 0 Å². The molecular formula is C23H21N3O. The van der Waals surface area contributed by atoms with Gasteiger partial charge < -0.3 is 0 Å². The SMILES string of the molecule is CN(C(=O)N1N=C(c2ccccc2)CC1c1ccccc1)c1ccccc1. The maximum atomic E-state index is 13.3. The first-order valence-electron chi connectivity index (χ1n) is 9.04. The number of carbonyl (C=O) groups is 1. The molecule has 2 amide bonds. The van der Waals surface area contributed by atoms with E-state index < -0.39 is 0 Å². The summed E-state index contributed by atoms with van der Waals surface area (Å²) in [4.78, 5) is 14.9. The molecule has 0 saturated carbocycles. The van der Waals surface area contributed by atoms with Crippen LogP contribution >= 0.6 is 0 Å². The molecule has 0 N–H and O–H groups in total. The maximum absolute atomic E-state index is 13.3. The van der Waals surface area contributed by atoms with E-state index in [9.17, 15) is 4.79 Å². The van der Waals surface area contributed by atoms with Gasteiger partial charge in [0.05, 0.1) is 11.8 Å². The van der Waals surface area contributed by atoms with Crippen molar-refractivity contribution in [3.8, 4) is 0 Å². The van der Waals surface area contributed by atoms with Gasteiger partial charge in [-0.3, -0.25) is 4.90 Å². The van der Waals surface area contributed by atoms with Crippen molar-refractivity contribution < 1.29 is 4.79 Å². The fraction of sp³-hybridized carbons (Fsp3) is 0.130. The van der Waals surface area contributed by atoms with Gasteiger partial charge in [-0.2, -0.15) is 5.10 Å².